The number of likely N-dealkylation sites (N-methyl/N-ethyl adjacent to an activating group) is 1. The van der Waals surface area contributed by atoms with Crippen LogP contribution in [-0.4, -0.2) is 75.8 Å². The fourth-order valence-corrected chi connectivity index (χ4v) is 3.92. The highest BCUT2D eigenvalue weighted by molar-refractivity contribution is 5.78. The Labute approximate surface area is 186 Å². The van der Waals surface area contributed by atoms with Gasteiger partial charge in [-0.3, -0.25) is 9.88 Å². The molecule has 4 heterocycles. The third kappa shape index (κ3) is 4.32. The molecule has 0 radical (unpaired) electrons. The molecule has 0 aliphatic carbocycles. The second-order valence-electron chi connectivity index (χ2n) is 8.04. The summed E-state index contributed by atoms with van der Waals surface area (Å²) in [6.07, 6.45) is 8.06. The van der Waals surface area contributed by atoms with Crippen LogP contribution in [0.25, 0.3) is 27.9 Å². The van der Waals surface area contributed by atoms with E-state index in [1.54, 1.807) is 29.2 Å². The number of ether oxygens (including phenoxy) is 1. The normalized spacial score (nSPS) is 15.3. The van der Waals surface area contributed by atoms with Crippen molar-refractivity contribution in [1.29, 1.82) is 0 Å². The van der Waals surface area contributed by atoms with Crippen molar-refractivity contribution in [3.8, 4) is 28.0 Å². The maximum Gasteiger partial charge on any atom is 0.162 e. The number of rotatable bonds is 6. The van der Waals surface area contributed by atoms with Crippen molar-refractivity contribution in [3.63, 3.8) is 0 Å². The molecule has 32 heavy (non-hydrogen) atoms. The molecule has 7 nitrogen and oxygen atoms in total. The van der Waals surface area contributed by atoms with Crippen molar-refractivity contribution in [2.45, 2.75) is 0 Å². The first-order chi connectivity index (χ1) is 15.7. The minimum atomic E-state index is -0.392. The van der Waals surface area contributed by atoms with E-state index in [2.05, 4.69) is 31.9 Å². The molecular weight excluding hydrogens is 407 g/mol. The fraction of sp³-hybridized carbons (Fsp3) is 0.292. The van der Waals surface area contributed by atoms with Gasteiger partial charge in [-0.05, 0) is 30.8 Å². The first-order valence-electron chi connectivity index (χ1n) is 10.7. The van der Waals surface area contributed by atoms with Gasteiger partial charge in [0.1, 0.15) is 18.2 Å². The number of aromatic nitrogens is 4. The van der Waals surface area contributed by atoms with E-state index in [-0.39, 0.29) is 0 Å². The van der Waals surface area contributed by atoms with Crippen LogP contribution in [0, 0.1) is 5.82 Å². The number of hydrogen-bond donors (Lipinski definition) is 0. The molecule has 5 rings (SSSR count). The summed E-state index contributed by atoms with van der Waals surface area (Å²) in [5, 5.41) is 4.36. The third-order valence-corrected chi connectivity index (χ3v) is 5.88. The van der Waals surface area contributed by atoms with Crippen LogP contribution in [0.15, 0.2) is 61.3 Å². The zero-order valence-corrected chi connectivity index (χ0v) is 18.0. The van der Waals surface area contributed by atoms with Gasteiger partial charge in [-0.25, -0.2) is 13.9 Å². The molecule has 0 amide bonds. The van der Waals surface area contributed by atoms with Crippen LogP contribution in [0.2, 0.25) is 0 Å². The Balaban J connectivity index is 1.26. The van der Waals surface area contributed by atoms with E-state index >= 15 is 0 Å². The molecule has 4 aromatic rings. The van der Waals surface area contributed by atoms with Gasteiger partial charge in [0.15, 0.2) is 5.65 Å². The monoisotopic (exact) mass is 432 g/mol. The van der Waals surface area contributed by atoms with Gasteiger partial charge in [0, 0.05) is 68.0 Å². The average molecular weight is 433 g/mol. The lowest BCUT2D eigenvalue weighted by Crippen LogP contribution is -2.45. The maximum absolute atomic E-state index is 14.1. The number of piperazine rings is 1. The molecule has 8 heteroatoms. The molecule has 1 aromatic carbocycles. The number of benzene rings is 1. The molecule has 1 fully saturated rings. The van der Waals surface area contributed by atoms with Crippen molar-refractivity contribution in [2.24, 2.45) is 0 Å². The minimum absolute atomic E-state index is 0.392. The lowest BCUT2D eigenvalue weighted by molar-refractivity contribution is 0.134. The van der Waals surface area contributed by atoms with Crippen LogP contribution < -0.4 is 4.74 Å². The van der Waals surface area contributed by atoms with Crippen molar-refractivity contribution in [2.75, 3.05) is 46.4 Å². The molecule has 0 bridgehead atoms. The smallest absolute Gasteiger partial charge is 0.162 e. The Bertz CT molecular complexity index is 1200. The lowest BCUT2D eigenvalue weighted by Gasteiger charge is -2.32. The van der Waals surface area contributed by atoms with Crippen molar-refractivity contribution in [1.82, 2.24) is 29.4 Å². The van der Waals surface area contributed by atoms with Crippen molar-refractivity contribution < 1.29 is 9.13 Å². The second-order valence-corrected chi connectivity index (χ2v) is 8.04. The van der Waals surface area contributed by atoms with Gasteiger partial charge < -0.3 is 9.64 Å². The zero-order chi connectivity index (χ0) is 21.9. The quantitative estimate of drug-likeness (QED) is 0.466. The number of pyridine rings is 1. The summed E-state index contributed by atoms with van der Waals surface area (Å²) in [6, 6.07) is 9.61. The van der Waals surface area contributed by atoms with E-state index in [9.17, 15) is 4.39 Å². The summed E-state index contributed by atoms with van der Waals surface area (Å²) in [5.41, 5.74) is 3.61. The Kier molecular flexibility index (Phi) is 5.79. The van der Waals surface area contributed by atoms with Crippen LogP contribution in [0.3, 0.4) is 0 Å². The Hall–Kier alpha value is -3.36. The summed E-state index contributed by atoms with van der Waals surface area (Å²) >= 11 is 0. The topological polar surface area (TPSA) is 58.8 Å². The third-order valence-electron chi connectivity index (χ3n) is 5.88. The van der Waals surface area contributed by atoms with E-state index in [1.807, 2.05) is 30.5 Å². The van der Waals surface area contributed by atoms with Gasteiger partial charge in [-0.1, -0.05) is 12.1 Å². The molecule has 0 saturated carbocycles. The molecule has 3 aromatic heterocycles. The molecular formula is C24H25FN6O. The summed E-state index contributed by atoms with van der Waals surface area (Å²) in [5.74, 6) is 0.461. The molecule has 0 unspecified atom stereocenters. The van der Waals surface area contributed by atoms with Gasteiger partial charge in [-0.2, -0.15) is 5.10 Å². The first-order valence-corrected chi connectivity index (χ1v) is 10.7. The molecule has 1 aliphatic rings. The Morgan fingerprint density at radius 2 is 1.75 bits per heavy atom. The second kappa shape index (κ2) is 9.02. The fourth-order valence-electron chi connectivity index (χ4n) is 3.92. The van der Waals surface area contributed by atoms with E-state index in [1.165, 1.54) is 6.20 Å². The Morgan fingerprint density at radius 1 is 0.938 bits per heavy atom. The van der Waals surface area contributed by atoms with E-state index < -0.39 is 5.82 Å². The van der Waals surface area contributed by atoms with E-state index in [0.29, 0.717) is 23.4 Å². The highest BCUT2D eigenvalue weighted by Gasteiger charge is 2.14. The van der Waals surface area contributed by atoms with Crippen LogP contribution in [0.4, 0.5) is 4.39 Å². The van der Waals surface area contributed by atoms with Crippen LogP contribution >= 0.6 is 0 Å². The van der Waals surface area contributed by atoms with Crippen LogP contribution in [-0.2, 0) is 0 Å². The van der Waals surface area contributed by atoms with E-state index in [0.717, 1.165) is 49.6 Å². The molecule has 0 N–H and O–H groups in total. The van der Waals surface area contributed by atoms with E-state index in [4.69, 9.17) is 4.74 Å². The predicted molar refractivity (Wildman–Crippen MR) is 121 cm³/mol. The van der Waals surface area contributed by atoms with Gasteiger partial charge in [0.25, 0.3) is 0 Å². The van der Waals surface area contributed by atoms with Gasteiger partial charge in [0.05, 0.1) is 12.4 Å². The highest BCUT2D eigenvalue weighted by atomic mass is 19.1. The molecule has 164 valence electrons. The highest BCUT2D eigenvalue weighted by Crippen LogP contribution is 2.27. The van der Waals surface area contributed by atoms with Crippen LogP contribution in [0.1, 0.15) is 0 Å². The van der Waals surface area contributed by atoms with Gasteiger partial charge in [0.2, 0.25) is 0 Å². The molecule has 1 saturated heterocycles. The first kappa shape index (κ1) is 20.5. The summed E-state index contributed by atoms with van der Waals surface area (Å²) in [7, 11) is 2.16. The summed E-state index contributed by atoms with van der Waals surface area (Å²) in [4.78, 5) is 13.1. The van der Waals surface area contributed by atoms with Gasteiger partial charge in [-0.15, -0.1) is 0 Å². The molecule has 0 atom stereocenters. The minimum Gasteiger partial charge on any atom is -0.492 e. The predicted octanol–water partition coefficient (Wildman–Crippen LogP) is 3.22. The number of hydrogen-bond acceptors (Lipinski definition) is 6. The van der Waals surface area contributed by atoms with Crippen LogP contribution in [0.5, 0.6) is 5.75 Å². The zero-order valence-electron chi connectivity index (χ0n) is 18.0. The average Bonchev–Trinajstić information content (AvgIpc) is 3.24. The summed E-state index contributed by atoms with van der Waals surface area (Å²) < 4.78 is 21.7. The van der Waals surface area contributed by atoms with Crippen molar-refractivity contribution >= 4 is 5.65 Å². The van der Waals surface area contributed by atoms with Crippen molar-refractivity contribution in [3.05, 3.63) is 67.1 Å². The maximum atomic E-state index is 14.1. The standard InChI is InChI=1S/C24H25FN6O/c1-29-8-10-30(11-9-29)12-13-32-20-4-2-18(3-5-20)19-14-27-24-22(15-28-31(24)17-19)21-6-7-26-16-23(21)25/h2-7,14-17H,8-13H2,1H3. The Morgan fingerprint density at radius 3 is 2.53 bits per heavy atom. The number of fused-ring (bicyclic) bond motifs is 1. The number of nitrogens with zero attached hydrogens (tertiary/aromatic N) is 6. The van der Waals surface area contributed by atoms with Gasteiger partial charge >= 0.3 is 0 Å². The summed E-state index contributed by atoms with van der Waals surface area (Å²) in [6.45, 7) is 6.03. The lowest BCUT2D eigenvalue weighted by atomic mass is 10.1. The molecule has 1 aliphatic heterocycles. The largest absolute Gasteiger partial charge is 0.492 e. The number of halogens is 1. The SMILES string of the molecule is CN1CCN(CCOc2ccc(-c3cnc4c(-c5ccncc5F)cnn4c3)cc2)CC1. The molecule has 0 spiro atoms.